The van der Waals surface area contributed by atoms with Crippen molar-refractivity contribution in [2.75, 3.05) is 6.61 Å². The minimum Gasteiger partial charge on any atom is -0.481 e. The molecule has 2 saturated carbocycles. The normalized spacial score (nSPS) is 40.7. The van der Waals surface area contributed by atoms with Gasteiger partial charge < -0.3 is 39.4 Å². The summed E-state index contributed by atoms with van der Waals surface area (Å²) < 4.78 is 23.8. The Kier molecular flexibility index (Phi) is 8.99. The summed E-state index contributed by atoms with van der Waals surface area (Å²) in [5, 5.41) is 44.3. The highest BCUT2D eigenvalue weighted by Crippen LogP contribution is 2.74. The van der Waals surface area contributed by atoms with Crippen LogP contribution in [0.3, 0.4) is 0 Å². The second-order valence-corrected chi connectivity index (χ2v) is 15.3. The first kappa shape index (κ1) is 35.4. The number of esters is 3. The molecule has 0 aromatic rings. The van der Waals surface area contributed by atoms with Gasteiger partial charge in [0.1, 0.15) is 12.2 Å². The van der Waals surface area contributed by atoms with Crippen LogP contribution in [0, 0.1) is 46.3 Å². The molecule has 0 aromatic heterocycles. The Morgan fingerprint density at radius 2 is 1.72 bits per heavy atom. The van der Waals surface area contributed by atoms with Gasteiger partial charge in [-0.05, 0) is 49.5 Å². The number of allylic oxidation sites excluding steroid dienone is 1. The standard InChI is InChI=1S/C34H48O13/c1-15(2)33(42,16(3)4)13-24(39)46-26-25-18(6)27(40)34(43)30-31(7)19(12-21(45-29(26)41)32(25,30)14-44-34)17(5)11-20(35)28(31)47-23(38)10-8-9-22(36)37/h11,15-16,18-19,21,25-28,30,40,42-43H,8-10,12-14H2,1-7H3,(H,36,37)/t18-,19+,21-,25?,26?,27-,28-,30?,31-,32+,34?/m1/s1. The molecule has 0 amide bonds. The lowest BCUT2D eigenvalue weighted by atomic mass is 9.38. The molecule has 47 heavy (non-hydrogen) atoms. The number of ether oxygens (including phenoxy) is 4. The minimum absolute atomic E-state index is 0.00335. The van der Waals surface area contributed by atoms with Crippen molar-refractivity contribution in [2.45, 2.75) is 116 Å². The molecule has 13 heteroatoms. The van der Waals surface area contributed by atoms with Crippen LogP contribution in [0.2, 0.25) is 0 Å². The Bertz CT molecular complexity index is 1360. The number of fused-ring (bicyclic) bond motifs is 1. The lowest BCUT2D eigenvalue weighted by Gasteiger charge is -2.68. The van der Waals surface area contributed by atoms with E-state index in [1.54, 1.807) is 48.5 Å². The van der Waals surface area contributed by atoms with E-state index in [4.69, 9.17) is 24.1 Å². The van der Waals surface area contributed by atoms with Gasteiger partial charge in [0.05, 0.1) is 18.6 Å². The summed E-state index contributed by atoms with van der Waals surface area (Å²) >= 11 is 0. The van der Waals surface area contributed by atoms with Crippen LogP contribution in [0.1, 0.15) is 80.6 Å². The fourth-order valence-corrected chi connectivity index (χ4v) is 9.96. The number of aliphatic hydroxyl groups is 3. The van der Waals surface area contributed by atoms with E-state index in [1.807, 2.05) is 0 Å². The molecule has 4 fully saturated rings. The summed E-state index contributed by atoms with van der Waals surface area (Å²) in [6.45, 7) is 12.0. The number of carbonyl (C=O) groups excluding carboxylic acids is 4. The van der Waals surface area contributed by atoms with Crippen LogP contribution in [-0.2, 0) is 42.9 Å². The van der Waals surface area contributed by atoms with E-state index in [0.717, 1.165) is 0 Å². The Morgan fingerprint density at radius 3 is 2.32 bits per heavy atom. The van der Waals surface area contributed by atoms with Gasteiger partial charge in [-0.2, -0.15) is 0 Å². The zero-order chi connectivity index (χ0) is 35.0. The predicted octanol–water partition coefficient (Wildman–Crippen LogP) is 1.93. The number of carboxylic acids is 1. The molecule has 3 aliphatic carbocycles. The van der Waals surface area contributed by atoms with E-state index < -0.39 is 106 Å². The summed E-state index contributed by atoms with van der Waals surface area (Å²) in [4.78, 5) is 64.9. The van der Waals surface area contributed by atoms with Crippen molar-refractivity contribution in [3.8, 4) is 0 Å². The number of carbonyl (C=O) groups is 5. The van der Waals surface area contributed by atoms with Crippen LogP contribution in [0.25, 0.3) is 0 Å². The molecule has 2 heterocycles. The maximum absolute atomic E-state index is 13.7. The fraction of sp³-hybridized carbons (Fsp3) is 0.794. The third-order valence-electron chi connectivity index (χ3n) is 12.3. The molecule has 5 aliphatic rings. The van der Waals surface area contributed by atoms with Gasteiger partial charge in [0, 0.05) is 35.5 Å². The number of hydrogen-bond donors (Lipinski definition) is 4. The number of hydrogen-bond acceptors (Lipinski definition) is 12. The van der Waals surface area contributed by atoms with E-state index in [0.29, 0.717) is 5.57 Å². The van der Waals surface area contributed by atoms with Gasteiger partial charge in [-0.3, -0.25) is 19.2 Å². The van der Waals surface area contributed by atoms with Gasteiger partial charge in [0.2, 0.25) is 6.10 Å². The predicted molar refractivity (Wildman–Crippen MR) is 161 cm³/mol. The number of ketones is 1. The van der Waals surface area contributed by atoms with Crippen molar-refractivity contribution in [1.82, 2.24) is 0 Å². The molecule has 4 N–H and O–H groups in total. The minimum atomic E-state index is -2.25. The Labute approximate surface area is 274 Å². The molecule has 2 saturated heterocycles. The highest BCUT2D eigenvalue weighted by atomic mass is 16.7. The number of carboxylic acid groups (broad SMARTS) is 1. The molecular weight excluding hydrogens is 616 g/mol. The van der Waals surface area contributed by atoms with Crippen molar-refractivity contribution < 1.29 is 63.3 Å². The van der Waals surface area contributed by atoms with Gasteiger partial charge in [0.25, 0.3) is 0 Å². The Morgan fingerprint density at radius 1 is 1.09 bits per heavy atom. The van der Waals surface area contributed by atoms with E-state index in [1.165, 1.54) is 6.08 Å². The molecule has 1 spiro atoms. The summed E-state index contributed by atoms with van der Waals surface area (Å²) in [6, 6.07) is 0. The van der Waals surface area contributed by atoms with Crippen molar-refractivity contribution in [3.05, 3.63) is 11.6 Å². The largest absolute Gasteiger partial charge is 0.481 e. The monoisotopic (exact) mass is 664 g/mol. The highest BCUT2D eigenvalue weighted by Gasteiger charge is 2.84. The highest BCUT2D eigenvalue weighted by molar-refractivity contribution is 5.97. The first-order valence-electron chi connectivity index (χ1n) is 16.6. The number of aliphatic carboxylic acids is 1. The summed E-state index contributed by atoms with van der Waals surface area (Å²) in [7, 11) is 0. The summed E-state index contributed by atoms with van der Waals surface area (Å²) in [6.07, 6.45) is -4.79. The molecule has 2 bridgehead atoms. The first-order valence-corrected chi connectivity index (χ1v) is 16.6. The first-order chi connectivity index (χ1) is 21.8. The van der Waals surface area contributed by atoms with Crippen LogP contribution < -0.4 is 0 Å². The fourth-order valence-electron chi connectivity index (χ4n) is 9.96. The maximum Gasteiger partial charge on any atom is 0.348 e. The summed E-state index contributed by atoms with van der Waals surface area (Å²) in [5.74, 6) is -10.4. The van der Waals surface area contributed by atoms with Gasteiger partial charge in [-0.25, -0.2) is 4.79 Å². The van der Waals surface area contributed by atoms with Crippen LogP contribution in [-0.4, -0.2) is 92.5 Å². The molecule has 13 nitrogen and oxygen atoms in total. The second kappa shape index (κ2) is 11.9. The van der Waals surface area contributed by atoms with Crippen LogP contribution in [0.15, 0.2) is 11.6 Å². The summed E-state index contributed by atoms with van der Waals surface area (Å²) in [5.41, 5.74) is -3.46. The SMILES string of the molecule is CC1=CC(=O)[C@@H](OC(=O)CCCC(=O)O)[C@]2(C)C3C4(O)OC[C@]35C(C(OC(=O)CC(O)(C(C)C)C(C)C)C(=O)O[C@@H]5C[C@@H]12)[C@@H](C)[C@H]4O. The van der Waals surface area contributed by atoms with E-state index in [2.05, 4.69) is 0 Å². The Balaban J connectivity index is 1.57. The quantitative estimate of drug-likeness (QED) is 0.195. The van der Waals surface area contributed by atoms with Crippen LogP contribution in [0.5, 0.6) is 0 Å². The number of rotatable bonds is 10. The van der Waals surface area contributed by atoms with Crippen molar-refractivity contribution in [3.63, 3.8) is 0 Å². The van der Waals surface area contributed by atoms with Gasteiger partial charge in [-0.15, -0.1) is 0 Å². The smallest absolute Gasteiger partial charge is 0.348 e. The second-order valence-electron chi connectivity index (χ2n) is 15.3. The van der Waals surface area contributed by atoms with E-state index >= 15 is 0 Å². The molecule has 2 aliphatic heterocycles. The lowest BCUT2D eigenvalue weighted by Crippen LogP contribution is -2.78. The number of aliphatic hydroxyl groups excluding tert-OH is 1. The van der Waals surface area contributed by atoms with E-state index in [-0.39, 0.29) is 44.1 Å². The molecule has 5 rings (SSSR count). The zero-order valence-electron chi connectivity index (χ0n) is 28.1. The molecular formula is C34H48O13. The Hall–Kier alpha value is -2.87. The third kappa shape index (κ3) is 5.14. The van der Waals surface area contributed by atoms with Crippen LogP contribution >= 0.6 is 0 Å². The van der Waals surface area contributed by atoms with Gasteiger partial charge in [0.15, 0.2) is 17.7 Å². The van der Waals surface area contributed by atoms with Gasteiger partial charge in [-0.1, -0.05) is 47.1 Å². The lowest BCUT2D eigenvalue weighted by molar-refractivity contribution is -0.340. The molecule has 4 unspecified atom stereocenters. The topological polar surface area (TPSA) is 203 Å². The van der Waals surface area contributed by atoms with E-state index in [9.17, 15) is 39.3 Å². The molecule has 262 valence electrons. The van der Waals surface area contributed by atoms with Crippen molar-refractivity contribution in [2.24, 2.45) is 46.3 Å². The average molecular weight is 665 g/mol. The molecule has 11 atom stereocenters. The molecule has 0 radical (unpaired) electrons. The average Bonchev–Trinajstić information content (AvgIpc) is 3.25. The zero-order valence-corrected chi connectivity index (χ0v) is 28.1. The van der Waals surface area contributed by atoms with Crippen molar-refractivity contribution >= 4 is 29.7 Å². The third-order valence-corrected chi connectivity index (χ3v) is 12.3. The van der Waals surface area contributed by atoms with Gasteiger partial charge >= 0.3 is 23.9 Å². The van der Waals surface area contributed by atoms with Crippen LogP contribution in [0.4, 0.5) is 0 Å². The maximum atomic E-state index is 13.7. The van der Waals surface area contributed by atoms with Crippen molar-refractivity contribution in [1.29, 1.82) is 0 Å². The molecule has 0 aromatic carbocycles.